The van der Waals surface area contributed by atoms with Crippen molar-refractivity contribution in [2.45, 2.75) is 29.5 Å². The fraction of sp³-hybridized carbons (Fsp3) is 0.294. The second-order valence-electron chi connectivity index (χ2n) is 6.42. The van der Waals surface area contributed by atoms with Gasteiger partial charge in [0.25, 0.3) is 11.3 Å². The molecular weight excluding hydrogens is 387 g/mol. The van der Waals surface area contributed by atoms with E-state index >= 15 is 0 Å². The minimum absolute atomic E-state index is 0.613. The standard InChI is InChI=1S/C17H14Cl2N8/c1-11-5-3-7-13(9-11)15(20-24-25-21-15)17(18,19)16(22-26-27-23-16)14-8-4-6-12(2)10-14/h3-10H,1-2H3. The average Bonchev–Trinajstić information content (AvgIpc) is 3.33. The lowest BCUT2D eigenvalue weighted by molar-refractivity contribution is 0.268. The predicted molar refractivity (Wildman–Crippen MR) is 99.6 cm³/mol. The van der Waals surface area contributed by atoms with Crippen molar-refractivity contribution in [1.82, 2.24) is 0 Å². The topological polar surface area (TPSA) is 98.9 Å². The molecule has 2 aliphatic heterocycles. The van der Waals surface area contributed by atoms with Crippen molar-refractivity contribution < 1.29 is 0 Å². The Hall–Kier alpha value is -2.58. The van der Waals surface area contributed by atoms with Crippen molar-refractivity contribution in [2.75, 3.05) is 0 Å². The minimum Gasteiger partial charge on any atom is -0.126 e. The highest BCUT2D eigenvalue weighted by Gasteiger charge is 2.69. The average molecular weight is 401 g/mol. The summed E-state index contributed by atoms with van der Waals surface area (Å²) in [6.45, 7) is 3.88. The monoisotopic (exact) mass is 400 g/mol. The third-order valence-electron chi connectivity index (χ3n) is 4.55. The molecule has 0 fully saturated rings. The van der Waals surface area contributed by atoms with Gasteiger partial charge in [-0.3, -0.25) is 0 Å². The molecule has 10 heteroatoms. The van der Waals surface area contributed by atoms with E-state index in [0.29, 0.717) is 11.1 Å². The molecule has 2 aliphatic rings. The third kappa shape index (κ3) is 2.51. The Labute approximate surface area is 165 Å². The molecule has 0 radical (unpaired) electrons. The minimum atomic E-state index is -1.85. The van der Waals surface area contributed by atoms with Gasteiger partial charge in [0.15, 0.2) is 0 Å². The van der Waals surface area contributed by atoms with Crippen molar-refractivity contribution in [1.29, 1.82) is 0 Å². The van der Waals surface area contributed by atoms with Gasteiger partial charge in [0, 0.05) is 11.1 Å². The normalized spacial score (nSPS) is 19.1. The van der Waals surface area contributed by atoms with Crippen molar-refractivity contribution >= 4 is 23.2 Å². The molecule has 0 aliphatic carbocycles. The zero-order chi connectivity index (χ0) is 19.1. The number of hydrogen-bond donors (Lipinski definition) is 0. The maximum absolute atomic E-state index is 6.99. The number of aryl methyl sites for hydroxylation is 2. The lowest BCUT2D eigenvalue weighted by Crippen LogP contribution is -2.53. The fourth-order valence-electron chi connectivity index (χ4n) is 3.19. The van der Waals surface area contributed by atoms with Gasteiger partial charge in [-0.05, 0) is 34.7 Å². The Morgan fingerprint density at radius 3 is 1.37 bits per heavy atom. The molecule has 8 nitrogen and oxygen atoms in total. The zero-order valence-electron chi connectivity index (χ0n) is 14.5. The van der Waals surface area contributed by atoms with Crippen LogP contribution in [0.1, 0.15) is 22.3 Å². The van der Waals surface area contributed by atoms with Crippen LogP contribution < -0.4 is 0 Å². The van der Waals surface area contributed by atoms with Crippen molar-refractivity contribution in [3.8, 4) is 0 Å². The first-order chi connectivity index (χ1) is 12.9. The Kier molecular flexibility index (Phi) is 4.12. The quantitative estimate of drug-likeness (QED) is 0.549. The van der Waals surface area contributed by atoms with Gasteiger partial charge < -0.3 is 0 Å². The van der Waals surface area contributed by atoms with Crippen LogP contribution in [0, 0.1) is 13.8 Å². The SMILES string of the molecule is Cc1cccc(C2(C(Cl)(Cl)C3(c4cccc(C)c4)N=NN=N3)N=NN=N2)c1. The van der Waals surface area contributed by atoms with Crippen LogP contribution in [0.3, 0.4) is 0 Å². The van der Waals surface area contributed by atoms with E-state index in [2.05, 4.69) is 41.4 Å². The van der Waals surface area contributed by atoms with Crippen LogP contribution in [0.4, 0.5) is 0 Å². The number of benzene rings is 2. The molecule has 136 valence electrons. The molecule has 0 saturated heterocycles. The van der Waals surface area contributed by atoms with Crippen LogP contribution in [-0.4, -0.2) is 4.33 Å². The Morgan fingerprint density at radius 2 is 1.04 bits per heavy atom. The van der Waals surface area contributed by atoms with Crippen LogP contribution in [0.5, 0.6) is 0 Å². The number of halogens is 2. The van der Waals surface area contributed by atoms with Gasteiger partial charge in [0.1, 0.15) is 0 Å². The molecule has 0 unspecified atom stereocenters. The van der Waals surface area contributed by atoms with Crippen LogP contribution in [-0.2, 0) is 11.3 Å². The van der Waals surface area contributed by atoms with E-state index in [1.807, 2.05) is 62.4 Å². The van der Waals surface area contributed by atoms with Gasteiger partial charge in [0.2, 0.25) is 4.33 Å². The van der Waals surface area contributed by atoms with Crippen LogP contribution in [0.15, 0.2) is 89.9 Å². The third-order valence-corrected chi connectivity index (χ3v) is 5.61. The highest BCUT2D eigenvalue weighted by atomic mass is 35.5. The predicted octanol–water partition coefficient (Wildman–Crippen LogP) is 6.15. The highest BCUT2D eigenvalue weighted by molar-refractivity contribution is 6.50. The summed E-state index contributed by atoms with van der Waals surface area (Å²) in [6, 6.07) is 15.0. The molecular formula is C17H14Cl2N8. The summed E-state index contributed by atoms with van der Waals surface area (Å²) in [4.78, 5) is 0. The van der Waals surface area contributed by atoms with Gasteiger partial charge in [-0.15, -0.1) is 20.5 Å². The zero-order valence-corrected chi connectivity index (χ0v) is 16.0. The summed E-state index contributed by atoms with van der Waals surface area (Å²) >= 11 is 14.0. The number of nitrogens with zero attached hydrogens (tertiary/aromatic N) is 8. The van der Waals surface area contributed by atoms with E-state index in [4.69, 9.17) is 23.2 Å². The van der Waals surface area contributed by atoms with Gasteiger partial charge >= 0.3 is 0 Å². The van der Waals surface area contributed by atoms with Gasteiger partial charge in [-0.25, -0.2) is 0 Å². The second-order valence-corrected chi connectivity index (χ2v) is 7.74. The molecule has 2 aromatic rings. The lowest BCUT2D eigenvalue weighted by Gasteiger charge is -2.40. The summed E-state index contributed by atoms with van der Waals surface area (Å²) in [5.41, 5.74) is 0.0616. The first-order valence-corrected chi connectivity index (χ1v) is 8.87. The smallest absolute Gasteiger partial charge is 0.126 e. The van der Waals surface area contributed by atoms with E-state index in [-0.39, 0.29) is 0 Å². The summed E-state index contributed by atoms with van der Waals surface area (Å²) in [7, 11) is 0. The summed E-state index contributed by atoms with van der Waals surface area (Å²) in [6.07, 6.45) is 0. The van der Waals surface area contributed by atoms with E-state index in [9.17, 15) is 0 Å². The summed E-state index contributed by atoms with van der Waals surface area (Å²) in [5, 5.41) is 31.6. The first-order valence-electron chi connectivity index (χ1n) is 8.12. The molecule has 0 aromatic heterocycles. The molecule has 2 heterocycles. The first kappa shape index (κ1) is 17.8. The number of hydrogen-bond acceptors (Lipinski definition) is 8. The maximum atomic E-state index is 6.99. The molecule has 0 N–H and O–H groups in total. The molecule has 0 amide bonds. The molecule has 2 aromatic carbocycles. The molecule has 4 rings (SSSR count). The Morgan fingerprint density at radius 1 is 0.667 bits per heavy atom. The fourth-order valence-corrected chi connectivity index (χ4v) is 3.93. The number of alkyl halides is 2. The van der Waals surface area contributed by atoms with E-state index in [1.165, 1.54) is 0 Å². The van der Waals surface area contributed by atoms with Crippen LogP contribution >= 0.6 is 23.2 Å². The van der Waals surface area contributed by atoms with Crippen LogP contribution in [0.2, 0.25) is 0 Å². The Bertz CT molecular complexity index is 908. The lowest BCUT2D eigenvalue weighted by atomic mass is 9.84. The van der Waals surface area contributed by atoms with Crippen molar-refractivity contribution in [2.24, 2.45) is 41.4 Å². The van der Waals surface area contributed by atoms with Crippen LogP contribution in [0.25, 0.3) is 0 Å². The van der Waals surface area contributed by atoms with Crippen molar-refractivity contribution in [3.63, 3.8) is 0 Å². The van der Waals surface area contributed by atoms with Gasteiger partial charge in [0.05, 0.1) is 0 Å². The molecule has 0 spiro atoms. The summed E-state index contributed by atoms with van der Waals surface area (Å²) in [5.74, 6) is 0. The van der Waals surface area contributed by atoms with Gasteiger partial charge in [-0.1, -0.05) is 82.9 Å². The largest absolute Gasteiger partial charge is 0.257 e. The van der Waals surface area contributed by atoms with E-state index in [1.54, 1.807) is 0 Å². The molecule has 0 bridgehead atoms. The second kappa shape index (κ2) is 6.24. The van der Waals surface area contributed by atoms with E-state index in [0.717, 1.165) is 11.1 Å². The molecule has 27 heavy (non-hydrogen) atoms. The Balaban J connectivity index is 1.97. The number of rotatable bonds is 4. The molecule has 0 saturated carbocycles. The summed E-state index contributed by atoms with van der Waals surface area (Å²) < 4.78 is -1.85. The van der Waals surface area contributed by atoms with Gasteiger partial charge in [-0.2, -0.15) is 0 Å². The molecule has 0 atom stereocenters. The highest BCUT2D eigenvalue weighted by Crippen LogP contribution is 2.60. The maximum Gasteiger partial charge on any atom is 0.257 e. The van der Waals surface area contributed by atoms with Crippen molar-refractivity contribution in [3.05, 3.63) is 70.8 Å². The van der Waals surface area contributed by atoms with E-state index < -0.39 is 15.7 Å².